The van der Waals surface area contributed by atoms with Crippen LogP contribution >= 0.6 is 0 Å². The van der Waals surface area contributed by atoms with Crippen LogP contribution in [0, 0.1) is 0 Å². The van der Waals surface area contributed by atoms with E-state index in [2.05, 4.69) is 0 Å². The van der Waals surface area contributed by atoms with Crippen molar-refractivity contribution >= 4 is 22.7 Å². The molecular formula is C16H19N3O3. The number of aromatic nitrogens is 1. The fraction of sp³-hybridized carbons (Fsp3) is 0.375. The van der Waals surface area contributed by atoms with E-state index in [4.69, 9.17) is 10.5 Å². The molecule has 0 aliphatic carbocycles. The van der Waals surface area contributed by atoms with Gasteiger partial charge in [0.25, 0.3) is 0 Å². The number of amides is 2. The minimum Gasteiger partial charge on any atom is -0.497 e. The minimum absolute atomic E-state index is 0.0744. The Morgan fingerprint density at radius 1 is 1.36 bits per heavy atom. The number of benzene rings is 1. The van der Waals surface area contributed by atoms with Crippen molar-refractivity contribution in [3.05, 3.63) is 30.5 Å². The van der Waals surface area contributed by atoms with Gasteiger partial charge in [-0.1, -0.05) is 0 Å². The number of ether oxygens (including phenoxy) is 1. The standard InChI is InChI=1S/C16H19N3O3/c1-22-12-4-5-13-11(9-12)6-8-18(13)10-15(20)19-7-2-3-14(19)16(17)21/h4-6,8-9,14H,2-3,7,10H2,1H3,(H2,17,21)/t14-/m0/s1. The summed E-state index contributed by atoms with van der Waals surface area (Å²) in [5, 5.41) is 1.01. The molecule has 1 fully saturated rings. The van der Waals surface area contributed by atoms with Crippen LogP contribution < -0.4 is 10.5 Å². The van der Waals surface area contributed by atoms with E-state index in [9.17, 15) is 9.59 Å². The second-order valence-corrected chi connectivity index (χ2v) is 5.52. The maximum atomic E-state index is 12.5. The number of carbonyl (C=O) groups is 2. The van der Waals surface area contributed by atoms with Crippen LogP contribution in [-0.4, -0.2) is 41.0 Å². The molecule has 1 saturated heterocycles. The number of hydrogen-bond acceptors (Lipinski definition) is 3. The molecule has 1 aromatic heterocycles. The Bertz CT molecular complexity index is 722. The lowest BCUT2D eigenvalue weighted by atomic mass is 10.2. The predicted molar refractivity (Wildman–Crippen MR) is 82.4 cm³/mol. The highest BCUT2D eigenvalue weighted by molar-refractivity contribution is 5.88. The molecule has 2 aromatic rings. The van der Waals surface area contributed by atoms with Gasteiger partial charge in [-0.2, -0.15) is 0 Å². The normalized spacial score (nSPS) is 17.9. The summed E-state index contributed by atoms with van der Waals surface area (Å²) in [5.41, 5.74) is 6.33. The molecule has 1 aromatic carbocycles. The minimum atomic E-state index is -0.463. The first kappa shape index (κ1) is 14.4. The lowest BCUT2D eigenvalue weighted by Gasteiger charge is -2.22. The van der Waals surface area contributed by atoms with Gasteiger partial charge < -0.3 is 19.9 Å². The maximum absolute atomic E-state index is 12.5. The smallest absolute Gasteiger partial charge is 0.243 e. The Morgan fingerprint density at radius 3 is 2.91 bits per heavy atom. The van der Waals surface area contributed by atoms with Gasteiger partial charge in [-0.15, -0.1) is 0 Å². The number of carbonyl (C=O) groups excluding carboxylic acids is 2. The molecule has 0 unspecified atom stereocenters. The lowest BCUT2D eigenvalue weighted by Crippen LogP contribution is -2.44. The van der Waals surface area contributed by atoms with Crippen molar-refractivity contribution in [3.63, 3.8) is 0 Å². The van der Waals surface area contributed by atoms with Crippen LogP contribution in [0.5, 0.6) is 5.75 Å². The van der Waals surface area contributed by atoms with Gasteiger partial charge in [-0.3, -0.25) is 9.59 Å². The van der Waals surface area contributed by atoms with E-state index in [1.54, 1.807) is 12.0 Å². The molecule has 3 rings (SSSR count). The largest absolute Gasteiger partial charge is 0.497 e. The highest BCUT2D eigenvalue weighted by Gasteiger charge is 2.32. The Hall–Kier alpha value is -2.50. The Labute approximate surface area is 128 Å². The van der Waals surface area contributed by atoms with E-state index in [0.29, 0.717) is 13.0 Å². The molecule has 0 radical (unpaired) electrons. The number of nitrogens with two attached hydrogens (primary N) is 1. The molecule has 116 valence electrons. The number of hydrogen-bond donors (Lipinski definition) is 1. The second-order valence-electron chi connectivity index (χ2n) is 5.52. The number of primary amides is 1. The summed E-state index contributed by atoms with van der Waals surface area (Å²) in [6, 6.07) is 7.20. The topological polar surface area (TPSA) is 77.6 Å². The molecule has 6 nitrogen and oxygen atoms in total. The van der Waals surface area contributed by atoms with Crippen molar-refractivity contribution in [1.29, 1.82) is 0 Å². The Morgan fingerprint density at radius 2 is 2.18 bits per heavy atom. The maximum Gasteiger partial charge on any atom is 0.243 e. The molecule has 1 atom stereocenters. The van der Waals surface area contributed by atoms with E-state index in [0.717, 1.165) is 23.1 Å². The summed E-state index contributed by atoms with van der Waals surface area (Å²) >= 11 is 0. The third-order valence-electron chi connectivity index (χ3n) is 4.19. The van der Waals surface area contributed by atoms with Crippen molar-refractivity contribution < 1.29 is 14.3 Å². The number of rotatable bonds is 4. The van der Waals surface area contributed by atoms with Gasteiger partial charge in [-0.05, 0) is 37.1 Å². The van der Waals surface area contributed by atoms with E-state index in [-0.39, 0.29) is 12.5 Å². The van der Waals surface area contributed by atoms with Gasteiger partial charge in [-0.25, -0.2) is 0 Å². The molecule has 0 bridgehead atoms. The van der Waals surface area contributed by atoms with Crippen molar-refractivity contribution in [2.24, 2.45) is 5.73 Å². The summed E-state index contributed by atoms with van der Waals surface area (Å²) in [5.74, 6) is 0.285. The van der Waals surface area contributed by atoms with Crippen LogP contribution in [0.15, 0.2) is 30.5 Å². The number of likely N-dealkylation sites (tertiary alicyclic amines) is 1. The van der Waals surface area contributed by atoms with Crippen LogP contribution in [0.2, 0.25) is 0 Å². The quantitative estimate of drug-likeness (QED) is 0.919. The number of fused-ring (bicyclic) bond motifs is 1. The molecule has 0 saturated carbocycles. The van der Waals surface area contributed by atoms with Crippen molar-refractivity contribution in [2.45, 2.75) is 25.4 Å². The third kappa shape index (κ3) is 2.52. The van der Waals surface area contributed by atoms with Crippen LogP contribution in [0.4, 0.5) is 0 Å². The third-order valence-corrected chi connectivity index (χ3v) is 4.19. The van der Waals surface area contributed by atoms with E-state index < -0.39 is 11.9 Å². The zero-order valence-corrected chi connectivity index (χ0v) is 12.5. The summed E-state index contributed by atoms with van der Waals surface area (Å²) in [6.07, 6.45) is 3.35. The molecule has 22 heavy (non-hydrogen) atoms. The monoisotopic (exact) mass is 301 g/mol. The summed E-state index contributed by atoms with van der Waals surface area (Å²) in [6.45, 7) is 0.805. The van der Waals surface area contributed by atoms with Crippen LogP contribution in [0.25, 0.3) is 10.9 Å². The zero-order chi connectivity index (χ0) is 15.7. The summed E-state index contributed by atoms with van der Waals surface area (Å²) in [4.78, 5) is 25.5. The molecule has 1 aliphatic heterocycles. The highest BCUT2D eigenvalue weighted by atomic mass is 16.5. The van der Waals surface area contributed by atoms with Gasteiger partial charge in [0, 0.05) is 23.6 Å². The highest BCUT2D eigenvalue weighted by Crippen LogP contribution is 2.23. The van der Waals surface area contributed by atoms with Gasteiger partial charge in [0.2, 0.25) is 11.8 Å². The molecule has 1 aliphatic rings. The van der Waals surface area contributed by atoms with Crippen LogP contribution in [0.3, 0.4) is 0 Å². The molecule has 6 heteroatoms. The summed E-state index contributed by atoms with van der Waals surface area (Å²) in [7, 11) is 1.62. The molecule has 2 heterocycles. The fourth-order valence-electron chi connectivity index (χ4n) is 3.04. The SMILES string of the molecule is COc1ccc2c(ccn2CC(=O)N2CCC[C@H]2C(N)=O)c1. The Kier molecular flexibility index (Phi) is 3.75. The number of methoxy groups -OCH3 is 1. The van der Waals surface area contributed by atoms with E-state index >= 15 is 0 Å². The van der Waals surface area contributed by atoms with Crippen molar-refractivity contribution in [1.82, 2.24) is 9.47 Å². The average Bonchev–Trinajstić information content (AvgIpc) is 3.14. The van der Waals surface area contributed by atoms with Crippen molar-refractivity contribution in [3.8, 4) is 5.75 Å². The summed E-state index contributed by atoms with van der Waals surface area (Å²) < 4.78 is 7.08. The second kappa shape index (κ2) is 5.71. The average molecular weight is 301 g/mol. The van der Waals surface area contributed by atoms with Gasteiger partial charge in [0.05, 0.1) is 7.11 Å². The number of nitrogens with zero attached hydrogens (tertiary/aromatic N) is 2. The zero-order valence-electron chi connectivity index (χ0n) is 12.5. The van der Waals surface area contributed by atoms with Gasteiger partial charge in [0.15, 0.2) is 0 Å². The molecular weight excluding hydrogens is 282 g/mol. The van der Waals surface area contributed by atoms with Crippen LogP contribution in [0.1, 0.15) is 12.8 Å². The lowest BCUT2D eigenvalue weighted by molar-refractivity contribution is -0.137. The van der Waals surface area contributed by atoms with E-state index in [1.807, 2.05) is 35.0 Å². The molecule has 2 amide bonds. The first-order valence-electron chi connectivity index (χ1n) is 7.32. The Balaban J connectivity index is 1.81. The fourth-order valence-corrected chi connectivity index (χ4v) is 3.04. The predicted octanol–water partition coefficient (Wildman–Crippen LogP) is 1.13. The van der Waals surface area contributed by atoms with Gasteiger partial charge >= 0.3 is 0 Å². The first-order valence-corrected chi connectivity index (χ1v) is 7.32. The van der Waals surface area contributed by atoms with Crippen LogP contribution in [-0.2, 0) is 16.1 Å². The molecule has 0 spiro atoms. The van der Waals surface area contributed by atoms with Gasteiger partial charge in [0.1, 0.15) is 18.3 Å². The van der Waals surface area contributed by atoms with E-state index in [1.165, 1.54) is 0 Å². The molecule has 2 N–H and O–H groups in total. The first-order chi connectivity index (χ1) is 10.6. The van der Waals surface area contributed by atoms with Crippen molar-refractivity contribution in [2.75, 3.05) is 13.7 Å².